The summed E-state index contributed by atoms with van der Waals surface area (Å²) in [6.45, 7) is 1.19. The number of carbonyl (C=O) groups excluding carboxylic acids is 1. The lowest BCUT2D eigenvalue weighted by molar-refractivity contribution is -0.122. The molecule has 0 aliphatic heterocycles. The molecular formula is C11H14Cl2N2O4S. The number of rotatable bonds is 6. The molecule has 1 amide bonds. The van der Waals surface area contributed by atoms with Gasteiger partial charge in [-0.05, 0) is 25.1 Å². The van der Waals surface area contributed by atoms with Gasteiger partial charge >= 0.3 is 0 Å². The average Bonchev–Trinajstić information content (AvgIpc) is 2.38. The monoisotopic (exact) mass is 340 g/mol. The second-order valence-corrected chi connectivity index (χ2v) is 6.46. The van der Waals surface area contributed by atoms with E-state index in [2.05, 4.69) is 10.0 Å². The zero-order valence-corrected chi connectivity index (χ0v) is 12.9. The minimum atomic E-state index is -3.97. The molecule has 112 valence electrons. The zero-order chi connectivity index (χ0) is 15.3. The van der Waals surface area contributed by atoms with Crippen LogP contribution >= 0.6 is 23.2 Å². The smallest absolute Gasteiger partial charge is 0.242 e. The highest BCUT2D eigenvalue weighted by Crippen LogP contribution is 2.24. The first-order chi connectivity index (χ1) is 9.27. The number of benzene rings is 1. The Hall–Kier alpha value is -0.860. The van der Waals surface area contributed by atoms with E-state index in [4.69, 9.17) is 28.3 Å². The van der Waals surface area contributed by atoms with Gasteiger partial charge in [0.25, 0.3) is 0 Å². The average molecular weight is 341 g/mol. The van der Waals surface area contributed by atoms with E-state index in [9.17, 15) is 13.2 Å². The van der Waals surface area contributed by atoms with Gasteiger partial charge < -0.3 is 10.4 Å². The maximum atomic E-state index is 12.1. The largest absolute Gasteiger partial charge is 0.395 e. The summed E-state index contributed by atoms with van der Waals surface area (Å²) >= 11 is 11.5. The molecule has 1 aromatic rings. The Morgan fingerprint density at radius 2 is 2.05 bits per heavy atom. The molecule has 9 heteroatoms. The Morgan fingerprint density at radius 1 is 1.40 bits per heavy atom. The normalized spacial score (nSPS) is 13.0. The van der Waals surface area contributed by atoms with Crippen LogP contribution in [0.5, 0.6) is 0 Å². The summed E-state index contributed by atoms with van der Waals surface area (Å²) in [6.07, 6.45) is 0. The molecule has 0 saturated heterocycles. The number of hydrogen-bond donors (Lipinski definition) is 3. The van der Waals surface area contributed by atoms with Crippen LogP contribution in [0.25, 0.3) is 0 Å². The van der Waals surface area contributed by atoms with Crippen LogP contribution in [0.2, 0.25) is 10.0 Å². The molecule has 0 fully saturated rings. The van der Waals surface area contributed by atoms with Crippen LogP contribution in [-0.4, -0.2) is 38.6 Å². The first kappa shape index (κ1) is 17.2. The molecule has 0 spiro atoms. The first-order valence-corrected chi connectivity index (χ1v) is 7.88. The Bertz CT molecular complexity index is 592. The number of amides is 1. The van der Waals surface area contributed by atoms with E-state index in [1.165, 1.54) is 25.1 Å². The van der Waals surface area contributed by atoms with E-state index in [1.807, 2.05) is 0 Å². The summed E-state index contributed by atoms with van der Waals surface area (Å²) < 4.78 is 26.4. The number of nitrogens with one attached hydrogen (secondary N) is 2. The van der Waals surface area contributed by atoms with Gasteiger partial charge in [0, 0.05) is 11.6 Å². The molecule has 3 N–H and O–H groups in total. The van der Waals surface area contributed by atoms with Gasteiger partial charge in [-0.25, -0.2) is 8.42 Å². The van der Waals surface area contributed by atoms with E-state index >= 15 is 0 Å². The summed E-state index contributed by atoms with van der Waals surface area (Å²) in [4.78, 5) is 11.4. The maximum absolute atomic E-state index is 12.1. The van der Waals surface area contributed by atoms with Crippen molar-refractivity contribution in [2.45, 2.75) is 17.9 Å². The fourth-order valence-corrected chi connectivity index (χ4v) is 3.33. The molecule has 0 heterocycles. The topological polar surface area (TPSA) is 95.5 Å². The molecule has 1 atom stereocenters. The highest BCUT2D eigenvalue weighted by molar-refractivity contribution is 7.89. The molecule has 0 unspecified atom stereocenters. The minimum Gasteiger partial charge on any atom is -0.395 e. The van der Waals surface area contributed by atoms with Crippen LogP contribution in [0.15, 0.2) is 23.1 Å². The lowest BCUT2D eigenvalue weighted by atomic mass is 10.3. The van der Waals surface area contributed by atoms with Gasteiger partial charge in [-0.3, -0.25) is 4.79 Å². The minimum absolute atomic E-state index is 0.00451. The van der Waals surface area contributed by atoms with Gasteiger partial charge in [0.2, 0.25) is 15.9 Å². The molecular weight excluding hydrogens is 327 g/mol. The van der Waals surface area contributed by atoms with Crippen molar-refractivity contribution in [3.05, 3.63) is 28.2 Å². The standard InChI is InChI=1S/C11H14Cl2N2O4S/c1-7(11(17)14-4-5-16)15-20(18,19)10-6-8(12)2-3-9(10)13/h2-3,6-7,15-16H,4-5H2,1H3,(H,14,17)/t7-/m1/s1. The van der Waals surface area contributed by atoms with E-state index < -0.39 is 22.0 Å². The third-order valence-electron chi connectivity index (χ3n) is 2.32. The van der Waals surface area contributed by atoms with Crippen molar-refractivity contribution in [1.82, 2.24) is 10.0 Å². The van der Waals surface area contributed by atoms with Crippen molar-refractivity contribution in [3.63, 3.8) is 0 Å². The molecule has 0 bridgehead atoms. The zero-order valence-electron chi connectivity index (χ0n) is 10.6. The SMILES string of the molecule is C[C@@H](NS(=O)(=O)c1cc(Cl)ccc1Cl)C(=O)NCCO. The fraction of sp³-hybridized carbons (Fsp3) is 0.364. The number of aliphatic hydroxyl groups excluding tert-OH is 1. The molecule has 20 heavy (non-hydrogen) atoms. The molecule has 0 saturated carbocycles. The van der Waals surface area contributed by atoms with Gasteiger partial charge in [-0.15, -0.1) is 0 Å². The summed E-state index contributed by atoms with van der Waals surface area (Å²) in [5.74, 6) is -0.555. The van der Waals surface area contributed by atoms with Gasteiger partial charge in [-0.1, -0.05) is 23.2 Å². The van der Waals surface area contributed by atoms with E-state index in [0.717, 1.165) is 0 Å². The van der Waals surface area contributed by atoms with Crippen molar-refractivity contribution >= 4 is 39.1 Å². The van der Waals surface area contributed by atoms with Crippen LogP contribution in [0, 0.1) is 0 Å². The number of carbonyl (C=O) groups is 1. The highest BCUT2D eigenvalue weighted by atomic mass is 35.5. The quantitative estimate of drug-likeness (QED) is 0.712. The second kappa shape index (κ2) is 7.24. The van der Waals surface area contributed by atoms with Crippen molar-refractivity contribution < 1.29 is 18.3 Å². The first-order valence-electron chi connectivity index (χ1n) is 5.64. The van der Waals surface area contributed by atoms with Crippen LogP contribution in [0.4, 0.5) is 0 Å². The molecule has 0 radical (unpaired) electrons. The Kier molecular flexibility index (Phi) is 6.22. The van der Waals surface area contributed by atoms with Gasteiger partial charge in [0.1, 0.15) is 4.90 Å². The van der Waals surface area contributed by atoms with Gasteiger partial charge in [-0.2, -0.15) is 4.72 Å². The highest BCUT2D eigenvalue weighted by Gasteiger charge is 2.24. The second-order valence-electron chi connectivity index (χ2n) is 3.93. The van der Waals surface area contributed by atoms with E-state index in [1.54, 1.807) is 0 Å². The lowest BCUT2D eigenvalue weighted by Crippen LogP contribution is -2.45. The van der Waals surface area contributed by atoms with Crippen molar-refractivity contribution in [2.24, 2.45) is 0 Å². The van der Waals surface area contributed by atoms with Crippen molar-refractivity contribution in [2.75, 3.05) is 13.2 Å². The van der Waals surface area contributed by atoms with Crippen molar-refractivity contribution in [1.29, 1.82) is 0 Å². The summed E-state index contributed by atoms with van der Waals surface area (Å²) in [5, 5.41) is 11.2. The summed E-state index contributed by atoms with van der Waals surface area (Å²) in [6, 6.07) is 3.00. The number of aliphatic hydroxyl groups is 1. The molecule has 6 nitrogen and oxygen atoms in total. The number of sulfonamides is 1. The lowest BCUT2D eigenvalue weighted by Gasteiger charge is -2.14. The Balaban J connectivity index is 2.89. The predicted octanol–water partition coefficient (Wildman–Crippen LogP) is 0.769. The Morgan fingerprint density at radius 3 is 2.65 bits per heavy atom. The Labute approximate surface area is 127 Å². The van der Waals surface area contributed by atoms with Gasteiger partial charge in [0.15, 0.2) is 0 Å². The molecule has 0 aliphatic carbocycles. The number of halogens is 2. The summed E-state index contributed by atoms with van der Waals surface area (Å²) in [7, 11) is -3.97. The van der Waals surface area contributed by atoms with Crippen molar-refractivity contribution in [3.8, 4) is 0 Å². The van der Waals surface area contributed by atoms with Crippen LogP contribution in [-0.2, 0) is 14.8 Å². The van der Waals surface area contributed by atoms with Crippen LogP contribution < -0.4 is 10.0 Å². The van der Waals surface area contributed by atoms with E-state index in [0.29, 0.717) is 0 Å². The molecule has 1 aromatic carbocycles. The third-order valence-corrected chi connectivity index (χ3v) is 4.58. The number of hydrogen-bond acceptors (Lipinski definition) is 4. The van der Waals surface area contributed by atoms with Crippen LogP contribution in [0.1, 0.15) is 6.92 Å². The predicted molar refractivity (Wildman–Crippen MR) is 76.3 cm³/mol. The van der Waals surface area contributed by atoms with E-state index in [-0.39, 0.29) is 28.1 Å². The van der Waals surface area contributed by atoms with Gasteiger partial charge in [0.05, 0.1) is 17.7 Å². The molecule has 1 rings (SSSR count). The maximum Gasteiger partial charge on any atom is 0.242 e. The third kappa shape index (κ3) is 4.60. The van der Waals surface area contributed by atoms with Crippen LogP contribution in [0.3, 0.4) is 0 Å². The molecule has 0 aromatic heterocycles. The summed E-state index contributed by atoms with van der Waals surface area (Å²) in [5.41, 5.74) is 0. The molecule has 0 aliphatic rings. The fourth-order valence-electron chi connectivity index (χ4n) is 1.37.